The van der Waals surface area contributed by atoms with Gasteiger partial charge in [-0.1, -0.05) is 11.6 Å². The second-order valence-corrected chi connectivity index (χ2v) is 4.02. The van der Waals surface area contributed by atoms with Crippen LogP contribution in [0.1, 0.15) is 12.8 Å². The van der Waals surface area contributed by atoms with E-state index in [-0.39, 0.29) is 18.2 Å². The zero-order valence-corrected chi connectivity index (χ0v) is 9.08. The number of halogens is 1. The van der Waals surface area contributed by atoms with E-state index in [1.807, 2.05) is 0 Å². The van der Waals surface area contributed by atoms with Crippen LogP contribution in [-0.4, -0.2) is 34.3 Å². The standard InChI is InChI=1S/C9H12ClN3O2/c1-15-8-11-4-6(10)7(12-8)13-9(5-14)2-3-9/h4,14H,2-3,5H2,1H3,(H,11,12,13). The molecule has 1 fully saturated rings. The van der Waals surface area contributed by atoms with Gasteiger partial charge in [0.05, 0.1) is 25.5 Å². The molecule has 0 spiro atoms. The van der Waals surface area contributed by atoms with Crippen LogP contribution in [0.15, 0.2) is 6.20 Å². The minimum Gasteiger partial charge on any atom is -0.467 e. The fraction of sp³-hybridized carbons (Fsp3) is 0.556. The van der Waals surface area contributed by atoms with E-state index in [0.717, 1.165) is 12.8 Å². The van der Waals surface area contributed by atoms with Crippen molar-refractivity contribution < 1.29 is 9.84 Å². The van der Waals surface area contributed by atoms with Gasteiger partial charge in [0, 0.05) is 0 Å². The summed E-state index contributed by atoms with van der Waals surface area (Å²) in [4.78, 5) is 7.94. The number of methoxy groups -OCH3 is 1. The van der Waals surface area contributed by atoms with Crippen molar-refractivity contribution in [3.05, 3.63) is 11.2 Å². The number of nitrogens with zero attached hydrogens (tertiary/aromatic N) is 2. The van der Waals surface area contributed by atoms with Gasteiger partial charge < -0.3 is 15.2 Å². The summed E-state index contributed by atoms with van der Waals surface area (Å²) < 4.78 is 4.90. The molecule has 1 aromatic rings. The summed E-state index contributed by atoms with van der Waals surface area (Å²) in [6.45, 7) is 0.0790. The third-order valence-electron chi connectivity index (χ3n) is 2.44. The highest BCUT2D eigenvalue weighted by Crippen LogP contribution is 2.39. The first-order valence-electron chi connectivity index (χ1n) is 4.65. The zero-order valence-electron chi connectivity index (χ0n) is 8.33. The van der Waals surface area contributed by atoms with E-state index >= 15 is 0 Å². The molecule has 0 atom stereocenters. The van der Waals surface area contributed by atoms with Gasteiger partial charge in [-0.25, -0.2) is 4.98 Å². The average molecular weight is 230 g/mol. The highest BCUT2D eigenvalue weighted by atomic mass is 35.5. The average Bonchev–Trinajstić information content (AvgIpc) is 3.02. The molecule has 2 rings (SSSR count). The number of ether oxygens (including phenoxy) is 1. The lowest BCUT2D eigenvalue weighted by atomic mass is 10.3. The van der Waals surface area contributed by atoms with Crippen LogP contribution >= 0.6 is 11.6 Å². The number of aliphatic hydroxyl groups is 1. The van der Waals surface area contributed by atoms with Crippen LogP contribution < -0.4 is 10.1 Å². The van der Waals surface area contributed by atoms with E-state index in [0.29, 0.717) is 10.8 Å². The molecule has 2 N–H and O–H groups in total. The van der Waals surface area contributed by atoms with Gasteiger partial charge in [-0.05, 0) is 12.8 Å². The van der Waals surface area contributed by atoms with Gasteiger partial charge in [0.2, 0.25) is 0 Å². The van der Waals surface area contributed by atoms with Crippen LogP contribution in [0.5, 0.6) is 6.01 Å². The topological polar surface area (TPSA) is 67.3 Å². The molecule has 1 heterocycles. The SMILES string of the molecule is COc1ncc(Cl)c(NC2(CO)CC2)n1. The lowest BCUT2D eigenvalue weighted by Gasteiger charge is -2.15. The molecule has 0 saturated heterocycles. The van der Waals surface area contributed by atoms with Gasteiger partial charge in [0.1, 0.15) is 5.02 Å². The fourth-order valence-electron chi connectivity index (χ4n) is 1.26. The lowest BCUT2D eigenvalue weighted by Crippen LogP contribution is -2.26. The summed E-state index contributed by atoms with van der Waals surface area (Å²) in [6.07, 6.45) is 3.32. The summed E-state index contributed by atoms with van der Waals surface area (Å²) >= 11 is 5.92. The molecule has 0 aliphatic heterocycles. The molecule has 82 valence electrons. The predicted molar refractivity (Wildman–Crippen MR) is 56.3 cm³/mol. The Morgan fingerprint density at radius 3 is 2.93 bits per heavy atom. The Hall–Kier alpha value is -1.07. The number of nitrogens with one attached hydrogen (secondary N) is 1. The van der Waals surface area contributed by atoms with Crippen molar-refractivity contribution in [2.24, 2.45) is 0 Å². The number of aliphatic hydroxyl groups excluding tert-OH is 1. The molecular weight excluding hydrogens is 218 g/mol. The van der Waals surface area contributed by atoms with Gasteiger partial charge in [0.15, 0.2) is 5.82 Å². The fourth-order valence-corrected chi connectivity index (χ4v) is 1.40. The minimum atomic E-state index is -0.247. The second kappa shape index (κ2) is 3.83. The maximum atomic E-state index is 9.16. The highest BCUT2D eigenvalue weighted by molar-refractivity contribution is 6.32. The van der Waals surface area contributed by atoms with E-state index in [4.69, 9.17) is 21.4 Å². The quantitative estimate of drug-likeness (QED) is 0.809. The first-order chi connectivity index (χ1) is 7.19. The van der Waals surface area contributed by atoms with Gasteiger partial charge in [-0.15, -0.1) is 0 Å². The molecule has 0 aromatic carbocycles. The van der Waals surface area contributed by atoms with Crippen molar-refractivity contribution in [1.82, 2.24) is 9.97 Å². The van der Waals surface area contributed by atoms with Crippen LogP contribution in [-0.2, 0) is 0 Å². The van der Waals surface area contributed by atoms with Crippen LogP contribution in [0, 0.1) is 0 Å². The lowest BCUT2D eigenvalue weighted by molar-refractivity contribution is 0.266. The Labute approximate surface area is 92.5 Å². The summed E-state index contributed by atoms with van der Waals surface area (Å²) in [5, 5.41) is 12.7. The van der Waals surface area contributed by atoms with Crippen molar-refractivity contribution in [1.29, 1.82) is 0 Å². The molecule has 5 nitrogen and oxygen atoms in total. The minimum absolute atomic E-state index is 0.0790. The molecule has 0 unspecified atom stereocenters. The Balaban J connectivity index is 2.19. The van der Waals surface area contributed by atoms with Gasteiger partial charge >= 0.3 is 6.01 Å². The van der Waals surface area contributed by atoms with Crippen LogP contribution in [0.25, 0.3) is 0 Å². The molecule has 0 radical (unpaired) electrons. The Morgan fingerprint density at radius 2 is 2.40 bits per heavy atom. The maximum Gasteiger partial charge on any atom is 0.318 e. The van der Waals surface area contributed by atoms with Crippen molar-refractivity contribution in [2.45, 2.75) is 18.4 Å². The molecular formula is C9H12ClN3O2. The van der Waals surface area contributed by atoms with Crippen molar-refractivity contribution in [3.63, 3.8) is 0 Å². The number of hydrogen-bond acceptors (Lipinski definition) is 5. The monoisotopic (exact) mass is 229 g/mol. The van der Waals surface area contributed by atoms with Crippen LogP contribution in [0.2, 0.25) is 5.02 Å². The smallest absolute Gasteiger partial charge is 0.318 e. The number of hydrogen-bond donors (Lipinski definition) is 2. The molecule has 1 aliphatic rings. The van der Waals surface area contributed by atoms with Gasteiger partial charge in [0.25, 0.3) is 0 Å². The molecule has 1 aromatic heterocycles. The Morgan fingerprint density at radius 1 is 1.67 bits per heavy atom. The number of rotatable bonds is 4. The third kappa shape index (κ3) is 2.13. The Kier molecular flexibility index (Phi) is 2.67. The Bertz CT molecular complexity index is 368. The van der Waals surface area contributed by atoms with Gasteiger partial charge in [-0.2, -0.15) is 4.98 Å². The van der Waals surface area contributed by atoms with Crippen LogP contribution in [0.3, 0.4) is 0 Å². The third-order valence-corrected chi connectivity index (χ3v) is 2.72. The van der Waals surface area contributed by atoms with E-state index in [1.165, 1.54) is 13.3 Å². The molecule has 15 heavy (non-hydrogen) atoms. The van der Waals surface area contributed by atoms with E-state index < -0.39 is 0 Å². The number of anilines is 1. The first kappa shape index (κ1) is 10.4. The van der Waals surface area contributed by atoms with Gasteiger partial charge in [-0.3, -0.25) is 0 Å². The molecule has 1 aliphatic carbocycles. The zero-order chi connectivity index (χ0) is 10.9. The summed E-state index contributed by atoms with van der Waals surface area (Å²) in [5.74, 6) is 0.509. The summed E-state index contributed by atoms with van der Waals surface area (Å²) in [6, 6.07) is 0.260. The molecule has 1 saturated carbocycles. The first-order valence-corrected chi connectivity index (χ1v) is 5.02. The summed E-state index contributed by atoms with van der Waals surface area (Å²) in [5.41, 5.74) is -0.247. The number of aromatic nitrogens is 2. The largest absolute Gasteiger partial charge is 0.467 e. The van der Waals surface area contributed by atoms with Crippen molar-refractivity contribution in [2.75, 3.05) is 19.0 Å². The summed E-state index contributed by atoms with van der Waals surface area (Å²) in [7, 11) is 1.49. The van der Waals surface area contributed by atoms with E-state index in [1.54, 1.807) is 0 Å². The van der Waals surface area contributed by atoms with Crippen molar-refractivity contribution in [3.8, 4) is 6.01 Å². The van der Waals surface area contributed by atoms with Crippen molar-refractivity contribution >= 4 is 17.4 Å². The molecule has 0 bridgehead atoms. The maximum absolute atomic E-state index is 9.16. The molecule has 0 amide bonds. The van der Waals surface area contributed by atoms with Crippen LogP contribution in [0.4, 0.5) is 5.82 Å². The van der Waals surface area contributed by atoms with E-state index in [2.05, 4.69) is 15.3 Å². The predicted octanol–water partition coefficient (Wildman–Crippen LogP) is 1.08. The second-order valence-electron chi connectivity index (χ2n) is 3.62. The molecule has 6 heteroatoms. The van der Waals surface area contributed by atoms with E-state index in [9.17, 15) is 0 Å². The normalized spacial score (nSPS) is 17.3. The highest BCUT2D eigenvalue weighted by Gasteiger charge is 2.42.